The Labute approximate surface area is 204 Å². The van der Waals surface area contributed by atoms with Crippen molar-refractivity contribution in [3.05, 3.63) is 46.2 Å². The van der Waals surface area contributed by atoms with Crippen LogP contribution >= 0.6 is 11.8 Å². The van der Waals surface area contributed by atoms with Crippen LogP contribution in [0.4, 0.5) is 11.8 Å². The number of aromatic nitrogens is 2. The second kappa shape index (κ2) is 9.16. The van der Waals surface area contributed by atoms with Crippen molar-refractivity contribution in [2.45, 2.75) is 44.4 Å². The van der Waals surface area contributed by atoms with E-state index in [0.29, 0.717) is 24.9 Å². The molecule has 5 rings (SSSR count). The summed E-state index contributed by atoms with van der Waals surface area (Å²) in [6, 6.07) is -0.00993. The van der Waals surface area contributed by atoms with Gasteiger partial charge in [-0.1, -0.05) is 30.8 Å². The molecule has 1 saturated heterocycles. The molecule has 0 spiro atoms. The average molecular weight is 482 g/mol. The number of allylic oxidation sites excluding steroid dienone is 3. The van der Waals surface area contributed by atoms with Gasteiger partial charge in [-0.15, -0.1) is 0 Å². The number of nitrogens with zero attached hydrogens (tertiary/aromatic N) is 5. The molecule has 10 heteroatoms. The summed E-state index contributed by atoms with van der Waals surface area (Å²) in [6.45, 7) is 8.13. The molecule has 0 amide bonds. The lowest BCUT2D eigenvalue weighted by atomic mass is 9.85. The van der Waals surface area contributed by atoms with Crippen LogP contribution in [0.15, 0.2) is 44.9 Å². The van der Waals surface area contributed by atoms with E-state index in [2.05, 4.69) is 50.0 Å². The second-order valence-electron chi connectivity index (χ2n) is 9.06. The topological polar surface area (TPSA) is 124 Å². The van der Waals surface area contributed by atoms with Gasteiger partial charge >= 0.3 is 0 Å². The molecule has 0 bridgehead atoms. The molecule has 0 aromatic carbocycles. The molecule has 5 unspecified atom stereocenters. The predicted octanol–water partition coefficient (Wildman–Crippen LogP) is 2.55. The van der Waals surface area contributed by atoms with Crippen molar-refractivity contribution in [3.8, 4) is 0 Å². The first-order valence-electron chi connectivity index (χ1n) is 11.5. The number of rotatable bonds is 4. The van der Waals surface area contributed by atoms with E-state index in [1.807, 2.05) is 20.1 Å². The summed E-state index contributed by atoms with van der Waals surface area (Å²) in [4.78, 5) is 20.5. The van der Waals surface area contributed by atoms with Crippen LogP contribution in [0, 0.1) is 12.8 Å². The van der Waals surface area contributed by atoms with Crippen molar-refractivity contribution in [2.75, 3.05) is 37.4 Å². The molecule has 0 saturated carbocycles. The Kier molecular flexibility index (Phi) is 6.22. The molecule has 5 atom stereocenters. The molecule has 9 nitrogen and oxygen atoms in total. The molecule has 4 aliphatic rings. The van der Waals surface area contributed by atoms with Crippen molar-refractivity contribution < 1.29 is 9.47 Å². The largest absolute Gasteiger partial charge is 0.378 e. The third-order valence-corrected chi connectivity index (χ3v) is 7.69. The summed E-state index contributed by atoms with van der Waals surface area (Å²) >= 11 is 1.52. The number of thioether (sulfide) groups is 1. The van der Waals surface area contributed by atoms with E-state index in [1.54, 1.807) is 7.11 Å². The summed E-state index contributed by atoms with van der Waals surface area (Å²) in [5.41, 5.74) is 17.2. The van der Waals surface area contributed by atoms with Crippen LogP contribution in [-0.4, -0.2) is 65.7 Å². The van der Waals surface area contributed by atoms with Gasteiger partial charge in [0.1, 0.15) is 17.2 Å². The fourth-order valence-electron chi connectivity index (χ4n) is 5.03. The van der Waals surface area contributed by atoms with E-state index >= 15 is 0 Å². The average Bonchev–Trinajstić information content (AvgIpc) is 3.03. The first-order valence-corrected chi connectivity index (χ1v) is 12.4. The number of nitrogen functional groups attached to an aromatic ring is 1. The van der Waals surface area contributed by atoms with E-state index in [1.165, 1.54) is 17.3 Å². The van der Waals surface area contributed by atoms with Crippen molar-refractivity contribution in [1.82, 2.24) is 9.97 Å². The summed E-state index contributed by atoms with van der Waals surface area (Å²) < 4.78 is 12.0. The van der Waals surface area contributed by atoms with Gasteiger partial charge in [0.25, 0.3) is 0 Å². The molecule has 1 aromatic rings. The number of fused-ring (bicyclic) bond motifs is 2. The predicted molar refractivity (Wildman–Crippen MR) is 137 cm³/mol. The van der Waals surface area contributed by atoms with E-state index in [0.717, 1.165) is 28.2 Å². The number of anilines is 2. The highest BCUT2D eigenvalue weighted by Crippen LogP contribution is 2.37. The highest BCUT2D eigenvalue weighted by Gasteiger charge is 2.34. The smallest absolute Gasteiger partial charge is 0.222 e. The number of aliphatic imine (C=N–C) groups is 2. The molecule has 3 aliphatic heterocycles. The van der Waals surface area contributed by atoms with Crippen LogP contribution in [0.1, 0.15) is 31.2 Å². The molecular weight excluding hydrogens is 450 g/mol. The van der Waals surface area contributed by atoms with E-state index in [9.17, 15) is 0 Å². The summed E-state index contributed by atoms with van der Waals surface area (Å²) in [5.74, 6) is 1.30. The minimum atomic E-state index is -0.154. The van der Waals surface area contributed by atoms with Crippen molar-refractivity contribution in [3.63, 3.8) is 0 Å². The molecule has 4 heterocycles. The SMILES string of the molecule is COC(C)c1c(C)nc(N)nc1N1CCOC2C(=CC(C3=CC4N=C(N)SC4N=C3)=CC2C)C1. The van der Waals surface area contributed by atoms with Gasteiger partial charge in [-0.05, 0) is 36.6 Å². The van der Waals surface area contributed by atoms with Gasteiger partial charge in [-0.3, -0.25) is 9.98 Å². The minimum absolute atomic E-state index is 0.00993. The van der Waals surface area contributed by atoms with E-state index < -0.39 is 0 Å². The Bertz CT molecular complexity index is 1140. The zero-order valence-electron chi connectivity index (χ0n) is 19.9. The van der Waals surface area contributed by atoms with Gasteiger partial charge in [-0.25, -0.2) is 4.98 Å². The number of hydrogen-bond acceptors (Lipinski definition) is 10. The Morgan fingerprint density at radius 3 is 2.85 bits per heavy atom. The van der Waals surface area contributed by atoms with Crippen LogP contribution in [0.5, 0.6) is 0 Å². The third kappa shape index (κ3) is 4.25. The van der Waals surface area contributed by atoms with Crippen LogP contribution < -0.4 is 16.4 Å². The maximum Gasteiger partial charge on any atom is 0.222 e. The third-order valence-electron chi connectivity index (χ3n) is 6.71. The molecule has 180 valence electrons. The number of methoxy groups -OCH3 is 1. The number of nitrogens with two attached hydrogens (primary N) is 2. The van der Waals surface area contributed by atoms with Gasteiger partial charge in [0.15, 0.2) is 5.17 Å². The first-order chi connectivity index (χ1) is 16.3. The number of dihydropyridines is 1. The molecule has 34 heavy (non-hydrogen) atoms. The molecule has 1 aliphatic carbocycles. The van der Waals surface area contributed by atoms with E-state index in [-0.39, 0.29) is 35.5 Å². The molecule has 1 aromatic heterocycles. The molecule has 1 fully saturated rings. The lowest BCUT2D eigenvalue weighted by Crippen LogP contribution is -2.32. The number of ether oxygens (including phenoxy) is 2. The second-order valence-corrected chi connectivity index (χ2v) is 10.2. The molecular formula is C24H31N7O2S. The van der Waals surface area contributed by atoms with Crippen LogP contribution in [0.2, 0.25) is 0 Å². The zero-order valence-corrected chi connectivity index (χ0v) is 20.7. The highest BCUT2D eigenvalue weighted by atomic mass is 32.2. The number of hydrogen-bond donors (Lipinski definition) is 2. The zero-order chi connectivity index (χ0) is 24.0. The quantitative estimate of drug-likeness (QED) is 0.672. The number of amidine groups is 1. The van der Waals surface area contributed by atoms with Crippen LogP contribution in [0.25, 0.3) is 0 Å². The Morgan fingerprint density at radius 2 is 2.06 bits per heavy atom. The fourth-order valence-corrected chi connectivity index (χ4v) is 5.86. The Morgan fingerprint density at radius 1 is 1.24 bits per heavy atom. The van der Waals surface area contributed by atoms with Crippen molar-refractivity contribution in [1.29, 1.82) is 0 Å². The van der Waals surface area contributed by atoms with Gasteiger partial charge < -0.3 is 25.8 Å². The van der Waals surface area contributed by atoms with Crippen molar-refractivity contribution >= 4 is 34.9 Å². The lowest BCUT2D eigenvalue weighted by molar-refractivity contribution is 0.0654. The lowest BCUT2D eigenvalue weighted by Gasteiger charge is -2.31. The maximum absolute atomic E-state index is 6.32. The van der Waals surface area contributed by atoms with Crippen LogP contribution in [0.3, 0.4) is 0 Å². The summed E-state index contributed by atoms with van der Waals surface area (Å²) in [5, 5.41) is 0.650. The molecule has 4 N–H and O–H groups in total. The molecule has 0 radical (unpaired) electrons. The summed E-state index contributed by atoms with van der Waals surface area (Å²) in [6.07, 6.45) is 8.47. The van der Waals surface area contributed by atoms with Gasteiger partial charge in [0.2, 0.25) is 5.95 Å². The minimum Gasteiger partial charge on any atom is -0.378 e. The maximum atomic E-state index is 6.32. The normalized spacial score (nSPS) is 29.4. The van der Waals surface area contributed by atoms with Gasteiger partial charge in [-0.2, -0.15) is 4.98 Å². The van der Waals surface area contributed by atoms with Gasteiger partial charge in [0, 0.05) is 37.9 Å². The highest BCUT2D eigenvalue weighted by molar-refractivity contribution is 8.14. The van der Waals surface area contributed by atoms with Crippen LogP contribution in [-0.2, 0) is 9.47 Å². The fraction of sp³-hybridized carbons (Fsp3) is 0.500. The standard InChI is InChI=1S/C24H31N7O2S/c1-12-7-15(16-9-18-22(27-10-16)34-24(26)29-18)8-17-11-31(5-6-33-20(12)17)21-19(14(3)32-4)13(2)28-23(25)30-21/h7-10,12,14,18,20,22H,5-6,11H2,1-4H3,(H2,26,29)(H2,25,28,30). The van der Waals surface area contributed by atoms with Gasteiger partial charge in [0.05, 0.1) is 24.5 Å². The monoisotopic (exact) mass is 481 g/mol. The van der Waals surface area contributed by atoms with E-state index in [4.69, 9.17) is 20.9 Å². The first kappa shape index (κ1) is 23.1. The Balaban J connectivity index is 1.48. The number of aryl methyl sites for hydroxylation is 1. The summed E-state index contributed by atoms with van der Waals surface area (Å²) in [7, 11) is 1.69. The van der Waals surface area contributed by atoms with Crippen molar-refractivity contribution in [2.24, 2.45) is 21.6 Å². The Hall–Kier alpha value is -2.69.